The molecule has 0 unspecified atom stereocenters. The van der Waals surface area contributed by atoms with E-state index in [-0.39, 0.29) is 25.5 Å². The van der Waals surface area contributed by atoms with Crippen molar-refractivity contribution in [1.82, 2.24) is 4.90 Å². The van der Waals surface area contributed by atoms with Crippen molar-refractivity contribution in [1.29, 1.82) is 0 Å². The van der Waals surface area contributed by atoms with E-state index in [2.05, 4.69) is 0 Å². The van der Waals surface area contributed by atoms with Crippen LogP contribution in [-0.4, -0.2) is 55.1 Å². The number of carboxylic acid groups (broad SMARTS) is 1. The summed E-state index contributed by atoms with van der Waals surface area (Å²) in [5.41, 5.74) is 0. The quantitative estimate of drug-likeness (QED) is 0.761. The molecule has 0 aromatic heterocycles. The van der Waals surface area contributed by atoms with Crippen molar-refractivity contribution >= 4 is 11.9 Å². The van der Waals surface area contributed by atoms with E-state index in [0.29, 0.717) is 12.8 Å². The molecule has 1 amide bonds. The average Bonchev–Trinajstić information content (AvgIpc) is 2.82. The zero-order valence-corrected chi connectivity index (χ0v) is 10.8. The van der Waals surface area contributed by atoms with E-state index in [9.17, 15) is 18.4 Å². The summed E-state index contributed by atoms with van der Waals surface area (Å²) in [5, 5.41) is 8.87. The molecule has 0 radical (unpaired) electrons. The molecule has 1 aliphatic carbocycles. The molecule has 19 heavy (non-hydrogen) atoms. The monoisotopic (exact) mass is 279 g/mol. The lowest BCUT2D eigenvalue weighted by Crippen LogP contribution is -2.40. The maximum atomic E-state index is 12.4. The molecule has 2 atom stereocenters. The van der Waals surface area contributed by atoms with Gasteiger partial charge >= 0.3 is 5.97 Å². The summed E-state index contributed by atoms with van der Waals surface area (Å²) in [5.74, 6) is -2.31. The van der Waals surface area contributed by atoms with Crippen LogP contribution >= 0.6 is 0 Å². The summed E-state index contributed by atoms with van der Waals surface area (Å²) in [6.07, 6.45) is -1.49. The van der Waals surface area contributed by atoms with Crippen molar-refractivity contribution < 1.29 is 28.2 Å². The first-order chi connectivity index (χ1) is 8.95. The number of alkyl halides is 2. The van der Waals surface area contributed by atoms with Gasteiger partial charge in [0.2, 0.25) is 5.91 Å². The van der Waals surface area contributed by atoms with Crippen molar-refractivity contribution in [3.63, 3.8) is 0 Å². The van der Waals surface area contributed by atoms with Crippen molar-refractivity contribution in [2.45, 2.75) is 25.7 Å². The lowest BCUT2D eigenvalue weighted by molar-refractivity contribution is -0.142. The highest BCUT2D eigenvalue weighted by Gasteiger charge is 2.36. The third kappa shape index (κ3) is 4.74. The topological polar surface area (TPSA) is 66.8 Å². The van der Waals surface area contributed by atoms with E-state index in [4.69, 9.17) is 9.84 Å². The number of hydrogen-bond donors (Lipinski definition) is 1. The number of hydrogen-bond acceptors (Lipinski definition) is 3. The second-order valence-corrected chi connectivity index (χ2v) is 4.71. The number of aliphatic carboxylic acids is 1. The van der Waals surface area contributed by atoms with Gasteiger partial charge < -0.3 is 14.7 Å². The predicted octanol–water partition coefficient (Wildman–Crippen LogP) is 1.23. The van der Waals surface area contributed by atoms with Crippen LogP contribution in [-0.2, 0) is 14.3 Å². The molecule has 1 rings (SSSR count). The second kappa shape index (κ2) is 7.37. The van der Waals surface area contributed by atoms with E-state index in [1.165, 1.54) is 7.11 Å². The molecule has 0 spiro atoms. The molecule has 0 aromatic carbocycles. The van der Waals surface area contributed by atoms with Gasteiger partial charge in [-0.3, -0.25) is 9.59 Å². The Hall–Kier alpha value is -1.24. The first-order valence-corrected chi connectivity index (χ1v) is 6.24. The van der Waals surface area contributed by atoms with Crippen LogP contribution in [0.5, 0.6) is 0 Å². The van der Waals surface area contributed by atoms with Gasteiger partial charge in [0.15, 0.2) is 0 Å². The van der Waals surface area contributed by atoms with Crippen LogP contribution < -0.4 is 0 Å². The molecule has 0 aliphatic heterocycles. The van der Waals surface area contributed by atoms with Crippen LogP contribution in [0.3, 0.4) is 0 Å². The smallest absolute Gasteiger partial charge is 0.306 e. The Balaban J connectivity index is 2.58. The summed E-state index contributed by atoms with van der Waals surface area (Å²) >= 11 is 0. The van der Waals surface area contributed by atoms with Crippen molar-refractivity contribution in [2.75, 3.05) is 26.8 Å². The fourth-order valence-corrected chi connectivity index (χ4v) is 2.35. The van der Waals surface area contributed by atoms with E-state index in [1.54, 1.807) is 0 Å². The molecule has 1 aliphatic rings. The van der Waals surface area contributed by atoms with E-state index in [1.807, 2.05) is 0 Å². The van der Waals surface area contributed by atoms with Gasteiger partial charge in [-0.25, -0.2) is 8.78 Å². The number of ether oxygens (including phenoxy) is 1. The van der Waals surface area contributed by atoms with Gasteiger partial charge in [-0.05, 0) is 19.3 Å². The molecular formula is C12H19F2NO4. The summed E-state index contributed by atoms with van der Waals surface area (Å²) < 4.78 is 29.7. The Morgan fingerprint density at radius 3 is 2.47 bits per heavy atom. The zero-order valence-electron chi connectivity index (χ0n) is 10.8. The highest BCUT2D eigenvalue weighted by molar-refractivity contribution is 5.81. The Kier molecular flexibility index (Phi) is 6.14. The molecule has 1 N–H and O–H groups in total. The summed E-state index contributed by atoms with van der Waals surface area (Å²) in [6.45, 7) is -0.335. The Labute approximate surface area is 110 Å². The third-order valence-electron chi connectivity index (χ3n) is 3.37. The van der Waals surface area contributed by atoms with E-state index in [0.717, 1.165) is 4.90 Å². The molecule has 7 heteroatoms. The van der Waals surface area contributed by atoms with Crippen LogP contribution in [0.25, 0.3) is 0 Å². The van der Waals surface area contributed by atoms with Crippen LogP contribution in [0.1, 0.15) is 19.3 Å². The number of amides is 1. The molecular weight excluding hydrogens is 260 g/mol. The summed E-state index contributed by atoms with van der Waals surface area (Å²) in [4.78, 5) is 24.0. The number of carbonyl (C=O) groups excluding carboxylic acids is 1. The average molecular weight is 279 g/mol. The normalized spacial score (nSPS) is 22.7. The molecule has 5 nitrogen and oxygen atoms in total. The van der Waals surface area contributed by atoms with Crippen molar-refractivity contribution in [3.05, 3.63) is 0 Å². The van der Waals surface area contributed by atoms with Crippen LogP contribution in [0, 0.1) is 11.8 Å². The van der Waals surface area contributed by atoms with Gasteiger partial charge in [-0.1, -0.05) is 0 Å². The van der Waals surface area contributed by atoms with E-state index < -0.39 is 30.8 Å². The molecule has 0 saturated heterocycles. The van der Waals surface area contributed by atoms with Gasteiger partial charge in [0, 0.05) is 19.6 Å². The lowest BCUT2D eigenvalue weighted by Gasteiger charge is -2.25. The van der Waals surface area contributed by atoms with Crippen LogP contribution in [0.15, 0.2) is 0 Å². The maximum absolute atomic E-state index is 12.4. The molecule has 1 saturated carbocycles. The maximum Gasteiger partial charge on any atom is 0.306 e. The minimum atomic E-state index is -2.60. The number of methoxy groups -OCH3 is 1. The van der Waals surface area contributed by atoms with Crippen molar-refractivity contribution in [3.8, 4) is 0 Å². The first-order valence-electron chi connectivity index (χ1n) is 6.24. The number of carboxylic acids is 1. The summed E-state index contributed by atoms with van der Waals surface area (Å²) in [6, 6.07) is 0. The SMILES string of the molecule is COCCN(CC(F)F)C(=O)[C@@H]1CC[C@H](C(=O)O)C1. The molecule has 0 aromatic rings. The standard InChI is InChI=1S/C12H19F2NO4/c1-19-5-4-15(7-10(13)14)11(16)8-2-3-9(6-8)12(17)18/h8-10H,2-7H2,1H3,(H,17,18)/t8-,9+/m1/s1. The first kappa shape index (κ1) is 15.8. The van der Waals surface area contributed by atoms with Crippen LogP contribution in [0.2, 0.25) is 0 Å². The largest absolute Gasteiger partial charge is 0.481 e. The highest BCUT2D eigenvalue weighted by atomic mass is 19.3. The number of carbonyl (C=O) groups is 2. The highest BCUT2D eigenvalue weighted by Crippen LogP contribution is 2.32. The predicted molar refractivity (Wildman–Crippen MR) is 62.9 cm³/mol. The van der Waals surface area contributed by atoms with Gasteiger partial charge in [0.1, 0.15) is 0 Å². The second-order valence-electron chi connectivity index (χ2n) is 4.71. The van der Waals surface area contributed by atoms with Gasteiger partial charge in [-0.2, -0.15) is 0 Å². The fourth-order valence-electron chi connectivity index (χ4n) is 2.35. The number of nitrogens with zero attached hydrogens (tertiary/aromatic N) is 1. The minimum Gasteiger partial charge on any atom is -0.481 e. The fraction of sp³-hybridized carbons (Fsp3) is 0.833. The number of halogens is 2. The van der Waals surface area contributed by atoms with Gasteiger partial charge in [0.05, 0.1) is 19.1 Å². The lowest BCUT2D eigenvalue weighted by atomic mass is 10.0. The van der Waals surface area contributed by atoms with Crippen molar-refractivity contribution in [2.24, 2.45) is 11.8 Å². The third-order valence-corrected chi connectivity index (χ3v) is 3.37. The number of rotatable bonds is 7. The van der Waals surface area contributed by atoms with Crippen LogP contribution in [0.4, 0.5) is 8.78 Å². The molecule has 0 bridgehead atoms. The molecule has 1 fully saturated rings. The van der Waals surface area contributed by atoms with Gasteiger partial charge in [-0.15, -0.1) is 0 Å². The Bertz CT molecular complexity index is 325. The van der Waals surface area contributed by atoms with E-state index >= 15 is 0 Å². The summed E-state index contributed by atoms with van der Waals surface area (Å²) in [7, 11) is 1.43. The molecule has 0 heterocycles. The van der Waals surface area contributed by atoms with Gasteiger partial charge in [0.25, 0.3) is 6.43 Å². The molecule has 110 valence electrons. The Morgan fingerprint density at radius 2 is 2.00 bits per heavy atom. The minimum absolute atomic E-state index is 0.105. The Morgan fingerprint density at radius 1 is 1.37 bits per heavy atom. The zero-order chi connectivity index (χ0) is 14.4.